The van der Waals surface area contributed by atoms with E-state index in [1.165, 1.54) is 16.7 Å². The fraction of sp³-hybridized carbons (Fsp3) is 0.278. The van der Waals surface area contributed by atoms with Gasteiger partial charge in [0.2, 0.25) is 0 Å². The lowest BCUT2D eigenvalue weighted by Crippen LogP contribution is -2.29. The summed E-state index contributed by atoms with van der Waals surface area (Å²) in [6.45, 7) is 5.10. The molecule has 2 N–H and O–H groups in total. The van der Waals surface area contributed by atoms with E-state index in [4.69, 9.17) is 12.2 Å². The number of nitrogens with one attached hydrogen (secondary N) is 2. The van der Waals surface area contributed by atoms with Gasteiger partial charge in [0.15, 0.2) is 5.11 Å². The summed E-state index contributed by atoms with van der Waals surface area (Å²) in [5.41, 5.74) is 4.97. The molecule has 0 radical (unpaired) electrons. The maximum atomic E-state index is 5.32. The minimum Gasteiger partial charge on any atom is -0.362 e. The Labute approximate surface area is 132 Å². The molecule has 110 valence electrons. The van der Waals surface area contributed by atoms with Crippen molar-refractivity contribution in [1.29, 1.82) is 0 Å². The number of aryl methyl sites for hydroxylation is 3. The first-order valence-electron chi connectivity index (χ1n) is 7.31. The highest BCUT2D eigenvalue weighted by Crippen LogP contribution is 2.13. The lowest BCUT2D eigenvalue weighted by atomic mass is 10.1. The molecule has 0 spiro atoms. The quantitative estimate of drug-likeness (QED) is 0.638. The molecule has 0 aliphatic heterocycles. The number of hydrogen-bond acceptors (Lipinski definition) is 1. The van der Waals surface area contributed by atoms with Gasteiger partial charge >= 0.3 is 0 Å². The first kappa shape index (κ1) is 15.5. The van der Waals surface area contributed by atoms with E-state index in [0.29, 0.717) is 5.11 Å². The third kappa shape index (κ3) is 5.20. The van der Waals surface area contributed by atoms with E-state index in [2.05, 4.69) is 66.9 Å². The molecule has 2 nitrogen and oxygen atoms in total. The molecule has 2 aromatic rings. The molecule has 0 aliphatic carbocycles. The molecule has 0 aromatic heterocycles. The summed E-state index contributed by atoms with van der Waals surface area (Å²) in [5, 5.41) is 7.17. The largest absolute Gasteiger partial charge is 0.362 e. The monoisotopic (exact) mass is 298 g/mol. The molecule has 3 heteroatoms. The summed E-state index contributed by atoms with van der Waals surface area (Å²) in [5.74, 6) is 0. The van der Waals surface area contributed by atoms with Gasteiger partial charge in [0.05, 0.1) is 0 Å². The lowest BCUT2D eigenvalue weighted by molar-refractivity contribution is 0.777. The van der Waals surface area contributed by atoms with Gasteiger partial charge in [-0.05, 0) is 67.7 Å². The summed E-state index contributed by atoms with van der Waals surface area (Å²) in [6, 6.07) is 16.8. The van der Waals surface area contributed by atoms with E-state index in [1.54, 1.807) is 0 Å². The van der Waals surface area contributed by atoms with Crippen molar-refractivity contribution in [3.8, 4) is 0 Å². The lowest BCUT2D eigenvalue weighted by Gasteiger charge is -2.11. The van der Waals surface area contributed by atoms with Crippen molar-refractivity contribution in [2.75, 3.05) is 11.9 Å². The van der Waals surface area contributed by atoms with Crippen molar-refractivity contribution in [3.05, 3.63) is 65.2 Å². The number of rotatable bonds is 5. The van der Waals surface area contributed by atoms with Gasteiger partial charge in [-0.2, -0.15) is 0 Å². The molecule has 0 heterocycles. The molecule has 0 unspecified atom stereocenters. The molecule has 0 aliphatic rings. The van der Waals surface area contributed by atoms with Crippen molar-refractivity contribution < 1.29 is 0 Å². The Balaban J connectivity index is 1.71. The maximum Gasteiger partial charge on any atom is 0.170 e. The fourth-order valence-corrected chi connectivity index (χ4v) is 2.35. The van der Waals surface area contributed by atoms with E-state index in [9.17, 15) is 0 Å². The van der Waals surface area contributed by atoms with Gasteiger partial charge in [-0.1, -0.05) is 36.4 Å². The van der Waals surface area contributed by atoms with Crippen molar-refractivity contribution in [3.63, 3.8) is 0 Å². The first-order chi connectivity index (χ1) is 10.1. The number of benzene rings is 2. The van der Waals surface area contributed by atoms with Crippen LogP contribution in [0.15, 0.2) is 48.5 Å². The average Bonchev–Trinajstić information content (AvgIpc) is 2.49. The predicted octanol–water partition coefficient (Wildman–Crippen LogP) is 4.22. The third-order valence-corrected chi connectivity index (χ3v) is 3.78. The molecule has 2 rings (SSSR count). The third-order valence-electron chi connectivity index (χ3n) is 3.54. The van der Waals surface area contributed by atoms with Gasteiger partial charge in [0.1, 0.15) is 0 Å². The van der Waals surface area contributed by atoms with Crippen LogP contribution < -0.4 is 10.6 Å². The number of anilines is 1. The Morgan fingerprint density at radius 1 is 1.00 bits per heavy atom. The van der Waals surface area contributed by atoms with Crippen molar-refractivity contribution in [2.45, 2.75) is 26.7 Å². The molecule has 0 atom stereocenters. The summed E-state index contributed by atoms with van der Waals surface area (Å²) in [4.78, 5) is 0. The zero-order valence-corrected chi connectivity index (χ0v) is 13.5. The van der Waals surface area contributed by atoms with Crippen LogP contribution in [0.2, 0.25) is 0 Å². The first-order valence-corrected chi connectivity index (χ1v) is 7.72. The molecule has 21 heavy (non-hydrogen) atoms. The van der Waals surface area contributed by atoms with Crippen molar-refractivity contribution >= 4 is 23.0 Å². The molecular weight excluding hydrogens is 276 g/mol. The Bertz CT molecular complexity index is 593. The van der Waals surface area contributed by atoms with Gasteiger partial charge in [0.25, 0.3) is 0 Å². The standard InChI is InChI=1S/C18H22N2S/c1-14-10-11-17(13-15(14)2)20-18(21)19-12-6-9-16-7-4-3-5-8-16/h3-5,7-8,10-11,13H,6,9,12H2,1-2H3,(H2,19,20,21). The van der Waals surface area contributed by atoms with Crippen LogP contribution in [-0.2, 0) is 6.42 Å². The van der Waals surface area contributed by atoms with E-state index in [1.807, 2.05) is 6.07 Å². The number of hydrogen-bond donors (Lipinski definition) is 2. The smallest absolute Gasteiger partial charge is 0.170 e. The summed E-state index contributed by atoms with van der Waals surface area (Å²) >= 11 is 5.32. The van der Waals surface area contributed by atoms with Crippen LogP contribution in [0.5, 0.6) is 0 Å². The van der Waals surface area contributed by atoms with Gasteiger partial charge in [0, 0.05) is 12.2 Å². The van der Waals surface area contributed by atoms with Crippen LogP contribution in [0.25, 0.3) is 0 Å². The Morgan fingerprint density at radius 2 is 1.76 bits per heavy atom. The topological polar surface area (TPSA) is 24.1 Å². The maximum absolute atomic E-state index is 5.32. The molecule has 0 saturated carbocycles. The van der Waals surface area contributed by atoms with E-state index < -0.39 is 0 Å². The van der Waals surface area contributed by atoms with Gasteiger partial charge < -0.3 is 10.6 Å². The van der Waals surface area contributed by atoms with Crippen LogP contribution in [0.3, 0.4) is 0 Å². The average molecular weight is 298 g/mol. The summed E-state index contributed by atoms with van der Waals surface area (Å²) in [7, 11) is 0. The molecule has 0 bridgehead atoms. The zero-order chi connectivity index (χ0) is 15.1. The van der Waals surface area contributed by atoms with Gasteiger partial charge in [-0.15, -0.1) is 0 Å². The second-order valence-corrected chi connectivity index (χ2v) is 5.68. The van der Waals surface area contributed by atoms with Crippen LogP contribution in [0, 0.1) is 13.8 Å². The zero-order valence-electron chi connectivity index (χ0n) is 12.6. The Morgan fingerprint density at radius 3 is 2.48 bits per heavy atom. The van der Waals surface area contributed by atoms with Crippen LogP contribution in [0.1, 0.15) is 23.1 Å². The van der Waals surface area contributed by atoms with Crippen molar-refractivity contribution in [2.24, 2.45) is 0 Å². The SMILES string of the molecule is Cc1ccc(NC(=S)NCCCc2ccccc2)cc1C. The summed E-state index contributed by atoms with van der Waals surface area (Å²) in [6.07, 6.45) is 2.14. The Hall–Kier alpha value is -1.87. The predicted molar refractivity (Wildman–Crippen MR) is 94.9 cm³/mol. The van der Waals surface area contributed by atoms with Gasteiger partial charge in [-0.3, -0.25) is 0 Å². The molecule has 2 aromatic carbocycles. The Kier molecular flexibility index (Phi) is 5.76. The van der Waals surface area contributed by atoms with Crippen LogP contribution >= 0.6 is 12.2 Å². The second kappa shape index (κ2) is 7.79. The highest BCUT2D eigenvalue weighted by Gasteiger charge is 1.99. The van der Waals surface area contributed by atoms with E-state index in [-0.39, 0.29) is 0 Å². The highest BCUT2D eigenvalue weighted by molar-refractivity contribution is 7.80. The molecule has 0 saturated heterocycles. The molecular formula is C18H22N2S. The normalized spacial score (nSPS) is 10.2. The second-order valence-electron chi connectivity index (χ2n) is 5.27. The summed E-state index contributed by atoms with van der Waals surface area (Å²) < 4.78 is 0. The molecule has 0 amide bonds. The minimum absolute atomic E-state index is 0.686. The van der Waals surface area contributed by atoms with E-state index >= 15 is 0 Å². The number of thiocarbonyl (C=S) groups is 1. The van der Waals surface area contributed by atoms with Gasteiger partial charge in [-0.25, -0.2) is 0 Å². The fourth-order valence-electron chi connectivity index (χ4n) is 2.13. The molecule has 0 fully saturated rings. The highest BCUT2D eigenvalue weighted by atomic mass is 32.1. The minimum atomic E-state index is 0.686. The van der Waals surface area contributed by atoms with Crippen LogP contribution in [0.4, 0.5) is 5.69 Å². The van der Waals surface area contributed by atoms with Crippen molar-refractivity contribution in [1.82, 2.24) is 5.32 Å². The van der Waals surface area contributed by atoms with Crippen LogP contribution in [-0.4, -0.2) is 11.7 Å². The van der Waals surface area contributed by atoms with E-state index in [0.717, 1.165) is 25.1 Å².